The molecule has 5 heteroatoms. The molecule has 2 rings (SSSR count). The Kier molecular flexibility index (Phi) is 4.49. The van der Waals surface area contributed by atoms with E-state index >= 15 is 0 Å². The fourth-order valence-electron chi connectivity index (χ4n) is 2.06. The summed E-state index contributed by atoms with van der Waals surface area (Å²) in [5.74, 6) is 2.83. The summed E-state index contributed by atoms with van der Waals surface area (Å²) in [6.07, 6.45) is 6.55. The second-order valence-electron chi connectivity index (χ2n) is 4.47. The van der Waals surface area contributed by atoms with E-state index in [4.69, 9.17) is 0 Å². The van der Waals surface area contributed by atoms with Gasteiger partial charge >= 0.3 is 0 Å². The zero-order valence-corrected chi connectivity index (χ0v) is 11.8. The van der Waals surface area contributed by atoms with Crippen molar-refractivity contribution in [2.75, 3.05) is 12.4 Å². The molecule has 0 unspecified atom stereocenters. The topological polar surface area (TPSA) is 55.6 Å². The van der Waals surface area contributed by atoms with Crippen LogP contribution in [0.2, 0.25) is 0 Å². The summed E-state index contributed by atoms with van der Waals surface area (Å²) >= 11 is 0. The second kappa shape index (κ2) is 6.31. The van der Waals surface area contributed by atoms with Gasteiger partial charge in [0.15, 0.2) is 0 Å². The Balaban J connectivity index is 2.26. The molecule has 19 heavy (non-hydrogen) atoms. The molecule has 0 radical (unpaired) electrons. The SMILES string of the molecule is CCCc1nc(Cc2nccn2CC)cc(NC)n1. The van der Waals surface area contributed by atoms with E-state index in [1.807, 2.05) is 25.5 Å². The maximum Gasteiger partial charge on any atom is 0.131 e. The lowest BCUT2D eigenvalue weighted by Gasteiger charge is -2.08. The van der Waals surface area contributed by atoms with Gasteiger partial charge in [0.1, 0.15) is 17.5 Å². The smallest absolute Gasteiger partial charge is 0.131 e. The van der Waals surface area contributed by atoms with Gasteiger partial charge in [-0.15, -0.1) is 0 Å². The largest absolute Gasteiger partial charge is 0.373 e. The number of anilines is 1. The highest BCUT2D eigenvalue weighted by Gasteiger charge is 2.07. The van der Waals surface area contributed by atoms with Crippen LogP contribution in [0.15, 0.2) is 18.5 Å². The molecule has 5 nitrogen and oxygen atoms in total. The molecule has 2 aromatic rings. The van der Waals surface area contributed by atoms with Crippen molar-refractivity contribution in [3.8, 4) is 0 Å². The van der Waals surface area contributed by atoms with E-state index in [0.717, 1.165) is 49.0 Å². The number of aryl methyl sites for hydroxylation is 2. The molecular formula is C14H21N5. The lowest BCUT2D eigenvalue weighted by atomic mass is 10.2. The number of hydrogen-bond acceptors (Lipinski definition) is 4. The van der Waals surface area contributed by atoms with Crippen molar-refractivity contribution >= 4 is 5.82 Å². The highest BCUT2D eigenvalue weighted by molar-refractivity contribution is 5.36. The van der Waals surface area contributed by atoms with Gasteiger partial charge in [0.05, 0.1) is 5.69 Å². The maximum absolute atomic E-state index is 4.62. The number of rotatable bonds is 6. The van der Waals surface area contributed by atoms with Crippen LogP contribution in [0.4, 0.5) is 5.82 Å². The molecule has 1 N–H and O–H groups in total. The number of imidazole rings is 1. The molecule has 0 aliphatic rings. The molecule has 0 spiro atoms. The molecule has 0 aliphatic carbocycles. The van der Waals surface area contributed by atoms with Crippen molar-refractivity contribution in [2.24, 2.45) is 0 Å². The number of nitrogens with zero attached hydrogens (tertiary/aromatic N) is 4. The van der Waals surface area contributed by atoms with Gasteiger partial charge in [-0.2, -0.15) is 0 Å². The van der Waals surface area contributed by atoms with E-state index in [-0.39, 0.29) is 0 Å². The summed E-state index contributed by atoms with van der Waals surface area (Å²) in [4.78, 5) is 13.5. The highest BCUT2D eigenvalue weighted by atomic mass is 15.1. The molecular weight excluding hydrogens is 238 g/mol. The van der Waals surface area contributed by atoms with E-state index in [2.05, 4.69) is 38.7 Å². The Morgan fingerprint density at radius 3 is 2.79 bits per heavy atom. The number of nitrogens with one attached hydrogen (secondary N) is 1. The lowest BCUT2D eigenvalue weighted by Crippen LogP contribution is -2.07. The molecule has 0 aliphatic heterocycles. The fraction of sp³-hybridized carbons (Fsp3) is 0.500. The first kappa shape index (κ1) is 13.5. The monoisotopic (exact) mass is 259 g/mol. The van der Waals surface area contributed by atoms with Gasteiger partial charge in [0.25, 0.3) is 0 Å². The zero-order chi connectivity index (χ0) is 13.7. The van der Waals surface area contributed by atoms with E-state index < -0.39 is 0 Å². The molecule has 0 saturated carbocycles. The van der Waals surface area contributed by atoms with Gasteiger partial charge < -0.3 is 9.88 Å². The average Bonchev–Trinajstić information content (AvgIpc) is 2.86. The first-order valence-electron chi connectivity index (χ1n) is 6.81. The van der Waals surface area contributed by atoms with Crippen molar-refractivity contribution in [3.63, 3.8) is 0 Å². The Labute approximate surface area is 114 Å². The second-order valence-corrected chi connectivity index (χ2v) is 4.47. The molecule has 0 amide bonds. The van der Waals surface area contributed by atoms with E-state index in [1.165, 1.54) is 0 Å². The minimum absolute atomic E-state index is 0.745. The van der Waals surface area contributed by atoms with Crippen molar-refractivity contribution < 1.29 is 0 Å². The zero-order valence-electron chi connectivity index (χ0n) is 11.8. The number of hydrogen-bond donors (Lipinski definition) is 1. The Hall–Kier alpha value is -1.91. The van der Waals surface area contributed by atoms with Crippen LogP contribution in [-0.4, -0.2) is 26.6 Å². The Morgan fingerprint density at radius 1 is 1.26 bits per heavy atom. The molecule has 0 bridgehead atoms. The summed E-state index contributed by atoms with van der Waals surface area (Å²) in [5, 5.41) is 3.10. The van der Waals surface area contributed by atoms with Crippen LogP contribution in [0.1, 0.15) is 37.6 Å². The van der Waals surface area contributed by atoms with E-state index in [9.17, 15) is 0 Å². The maximum atomic E-state index is 4.62. The highest BCUT2D eigenvalue weighted by Crippen LogP contribution is 2.12. The first-order valence-corrected chi connectivity index (χ1v) is 6.81. The van der Waals surface area contributed by atoms with Crippen LogP contribution in [0.25, 0.3) is 0 Å². The Morgan fingerprint density at radius 2 is 2.11 bits per heavy atom. The van der Waals surface area contributed by atoms with Crippen LogP contribution in [0, 0.1) is 0 Å². The van der Waals surface area contributed by atoms with Crippen LogP contribution in [0.5, 0.6) is 0 Å². The minimum atomic E-state index is 0.745. The molecule has 0 fully saturated rings. The van der Waals surface area contributed by atoms with E-state index in [1.54, 1.807) is 0 Å². The molecule has 0 saturated heterocycles. The minimum Gasteiger partial charge on any atom is -0.373 e. The van der Waals surface area contributed by atoms with Gasteiger partial charge in [-0.25, -0.2) is 15.0 Å². The molecule has 2 heterocycles. The summed E-state index contributed by atoms with van der Waals surface area (Å²) in [5.41, 5.74) is 1.02. The summed E-state index contributed by atoms with van der Waals surface area (Å²) < 4.78 is 2.14. The van der Waals surface area contributed by atoms with Gasteiger partial charge in [-0.3, -0.25) is 0 Å². The van der Waals surface area contributed by atoms with E-state index in [0.29, 0.717) is 0 Å². The Bertz CT molecular complexity index is 532. The van der Waals surface area contributed by atoms with Crippen molar-refractivity contribution in [1.82, 2.24) is 19.5 Å². The van der Waals surface area contributed by atoms with Crippen molar-refractivity contribution in [3.05, 3.63) is 35.8 Å². The third-order valence-electron chi connectivity index (χ3n) is 3.04. The summed E-state index contributed by atoms with van der Waals surface area (Å²) in [6, 6.07) is 1.99. The summed E-state index contributed by atoms with van der Waals surface area (Å²) in [7, 11) is 1.88. The quantitative estimate of drug-likeness (QED) is 0.864. The van der Waals surface area contributed by atoms with Crippen LogP contribution in [0.3, 0.4) is 0 Å². The number of aromatic nitrogens is 4. The normalized spacial score (nSPS) is 10.7. The third-order valence-corrected chi connectivity index (χ3v) is 3.04. The van der Waals surface area contributed by atoms with Crippen LogP contribution in [-0.2, 0) is 19.4 Å². The van der Waals surface area contributed by atoms with Crippen LogP contribution >= 0.6 is 0 Å². The molecule has 0 aromatic carbocycles. The summed E-state index contributed by atoms with van der Waals surface area (Å²) in [6.45, 7) is 5.19. The predicted octanol–water partition coefficient (Wildman–Crippen LogP) is 2.28. The lowest BCUT2D eigenvalue weighted by molar-refractivity contribution is 0.705. The van der Waals surface area contributed by atoms with Gasteiger partial charge in [-0.1, -0.05) is 6.92 Å². The average molecular weight is 259 g/mol. The van der Waals surface area contributed by atoms with Crippen molar-refractivity contribution in [2.45, 2.75) is 39.7 Å². The molecule has 102 valence electrons. The van der Waals surface area contributed by atoms with Gasteiger partial charge in [-0.05, 0) is 13.3 Å². The van der Waals surface area contributed by atoms with Gasteiger partial charge in [0.2, 0.25) is 0 Å². The van der Waals surface area contributed by atoms with Crippen LogP contribution < -0.4 is 5.32 Å². The fourth-order valence-corrected chi connectivity index (χ4v) is 2.06. The standard InChI is InChI=1S/C14H21N5/c1-4-6-12-17-11(9-13(15-3)18-12)10-14-16-7-8-19(14)5-2/h7-9H,4-6,10H2,1-3H3,(H,15,17,18). The van der Waals surface area contributed by atoms with Crippen molar-refractivity contribution in [1.29, 1.82) is 0 Å². The predicted molar refractivity (Wildman–Crippen MR) is 76.3 cm³/mol. The third kappa shape index (κ3) is 3.30. The molecule has 2 aromatic heterocycles. The van der Waals surface area contributed by atoms with Gasteiger partial charge in [0, 0.05) is 44.9 Å². The molecule has 0 atom stereocenters. The first-order chi connectivity index (χ1) is 9.26.